The number of benzene rings is 2. The zero-order chi connectivity index (χ0) is 15.2. The molecule has 0 saturated carbocycles. The molecule has 1 aromatic heterocycles. The Balaban J connectivity index is 1.73. The van der Waals surface area contributed by atoms with E-state index in [0.717, 1.165) is 23.7 Å². The Morgan fingerprint density at radius 2 is 1.95 bits per heavy atom. The molecule has 22 heavy (non-hydrogen) atoms. The van der Waals surface area contributed by atoms with Gasteiger partial charge >= 0.3 is 0 Å². The second-order valence-corrected chi connectivity index (χ2v) is 5.53. The molecule has 0 aliphatic carbocycles. The fourth-order valence-electron chi connectivity index (χ4n) is 2.38. The van der Waals surface area contributed by atoms with E-state index >= 15 is 0 Å². The number of aromatic nitrogens is 3. The van der Waals surface area contributed by atoms with Crippen LogP contribution in [-0.2, 0) is 13.1 Å². The molecule has 0 bridgehead atoms. The molecule has 0 spiro atoms. The minimum Gasteiger partial charge on any atom is -0.304 e. The van der Waals surface area contributed by atoms with E-state index in [1.54, 1.807) is 12.7 Å². The summed E-state index contributed by atoms with van der Waals surface area (Å²) in [4.78, 5) is 4.01. The van der Waals surface area contributed by atoms with Gasteiger partial charge in [-0.1, -0.05) is 54.1 Å². The van der Waals surface area contributed by atoms with Crippen molar-refractivity contribution >= 4 is 11.6 Å². The lowest BCUT2D eigenvalue weighted by Crippen LogP contribution is -2.25. The van der Waals surface area contributed by atoms with E-state index < -0.39 is 0 Å². The smallest absolute Gasteiger partial charge is 0.137 e. The van der Waals surface area contributed by atoms with Gasteiger partial charge in [-0.3, -0.25) is 4.68 Å². The van der Waals surface area contributed by atoms with Gasteiger partial charge < -0.3 is 5.32 Å². The second kappa shape index (κ2) is 7.20. The van der Waals surface area contributed by atoms with Gasteiger partial charge in [-0.05, 0) is 23.3 Å². The largest absolute Gasteiger partial charge is 0.304 e. The van der Waals surface area contributed by atoms with Gasteiger partial charge in [-0.25, -0.2) is 4.98 Å². The van der Waals surface area contributed by atoms with Crippen LogP contribution in [0.25, 0.3) is 0 Å². The zero-order valence-electron chi connectivity index (χ0n) is 12.1. The van der Waals surface area contributed by atoms with Gasteiger partial charge in [0.15, 0.2) is 0 Å². The molecule has 5 heteroatoms. The molecule has 0 fully saturated rings. The van der Waals surface area contributed by atoms with Crippen LogP contribution in [0.2, 0.25) is 5.02 Å². The van der Waals surface area contributed by atoms with E-state index in [2.05, 4.69) is 33.6 Å². The molecule has 3 rings (SSSR count). The summed E-state index contributed by atoms with van der Waals surface area (Å²) < 4.78 is 1.84. The van der Waals surface area contributed by atoms with Crippen LogP contribution in [0.3, 0.4) is 0 Å². The lowest BCUT2D eigenvalue weighted by Gasteiger charge is -2.19. The Morgan fingerprint density at radius 3 is 2.68 bits per heavy atom. The van der Waals surface area contributed by atoms with Crippen molar-refractivity contribution in [1.82, 2.24) is 20.1 Å². The van der Waals surface area contributed by atoms with Crippen LogP contribution >= 0.6 is 11.6 Å². The summed E-state index contributed by atoms with van der Waals surface area (Å²) in [6, 6.07) is 18.4. The van der Waals surface area contributed by atoms with E-state index in [1.165, 1.54) is 5.56 Å². The van der Waals surface area contributed by atoms with Crippen LogP contribution in [0.1, 0.15) is 17.2 Å². The number of hydrogen-bond donors (Lipinski definition) is 1. The minimum atomic E-state index is 0.155. The highest BCUT2D eigenvalue weighted by Gasteiger charge is 2.12. The van der Waals surface area contributed by atoms with Gasteiger partial charge in [0, 0.05) is 11.6 Å². The Hall–Kier alpha value is -2.17. The molecule has 1 heterocycles. The molecule has 2 aromatic carbocycles. The Morgan fingerprint density at radius 1 is 1.09 bits per heavy atom. The van der Waals surface area contributed by atoms with Crippen LogP contribution in [0.5, 0.6) is 0 Å². The summed E-state index contributed by atoms with van der Waals surface area (Å²) in [7, 11) is 0. The number of hydrogen-bond acceptors (Lipinski definition) is 3. The highest BCUT2D eigenvalue weighted by Crippen LogP contribution is 2.16. The average molecular weight is 313 g/mol. The minimum absolute atomic E-state index is 0.155. The standard InChI is InChI=1S/C17H17ClN4/c18-16-8-4-5-14(9-16)10-20-17(11-22-13-19-12-21-22)15-6-2-1-3-7-15/h1-9,12-13,17,20H,10-11H2/t17-/m1/s1. The fourth-order valence-corrected chi connectivity index (χ4v) is 2.59. The second-order valence-electron chi connectivity index (χ2n) is 5.09. The highest BCUT2D eigenvalue weighted by atomic mass is 35.5. The summed E-state index contributed by atoms with van der Waals surface area (Å²) in [6.07, 6.45) is 3.29. The number of nitrogens with one attached hydrogen (secondary N) is 1. The SMILES string of the molecule is Clc1cccc(CN[C@H](Cn2cncn2)c2ccccc2)c1. The zero-order valence-corrected chi connectivity index (χ0v) is 12.8. The highest BCUT2D eigenvalue weighted by molar-refractivity contribution is 6.30. The van der Waals surface area contributed by atoms with Gasteiger partial charge in [-0.2, -0.15) is 5.10 Å². The van der Waals surface area contributed by atoms with Gasteiger partial charge in [-0.15, -0.1) is 0 Å². The Bertz CT molecular complexity index is 698. The van der Waals surface area contributed by atoms with Crippen LogP contribution in [0.4, 0.5) is 0 Å². The first-order valence-electron chi connectivity index (χ1n) is 7.16. The van der Waals surface area contributed by atoms with Crippen LogP contribution in [0.15, 0.2) is 67.3 Å². The fraction of sp³-hybridized carbons (Fsp3) is 0.176. The molecule has 0 amide bonds. The molecule has 3 aromatic rings. The molecule has 0 aliphatic rings. The maximum Gasteiger partial charge on any atom is 0.137 e. The molecule has 0 unspecified atom stereocenters. The first-order chi connectivity index (χ1) is 10.8. The molecule has 1 atom stereocenters. The monoisotopic (exact) mass is 312 g/mol. The first-order valence-corrected chi connectivity index (χ1v) is 7.54. The van der Waals surface area contributed by atoms with Crippen molar-refractivity contribution in [3.63, 3.8) is 0 Å². The lowest BCUT2D eigenvalue weighted by atomic mass is 10.1. The molecular weight excluding hydrogens is 296 g/mol. The maximum atomic E-state index is 6.04. The van der Waals surface area contributed by atoms with Crippen LogP contribution in [-0.4, -0.2) is 14.8 Å². The molecule has 112 valence electrons. The summed E-state index contributed by atoms with van der Waals surface area (Å²) in [5, 5.41) is 8.52. The molecule has 1 N–H and O–H groups in total. The third-order valence-electron chi connectivity index (χ3n) is 3.48. The number of rotatable bonds is 6. The molecule has 0 aliphatic heterocycles. The third-order valence-corrected chi connectivity index (χ3v) is 3.71. The first kappa shape index (κ1) is 14.8. The van der Waals surface area contributed by atoms with Crippen molar-refractivity contribution in [2.24, 2.45) is 0 Å². The van der Waals surface area contributed by atoms with E-state index in [4.69, 9.17) is 11.6 Å². The van der Waals surface area contributed by atoms with E-state index in [0.29, 0.717) is 0 Å². The quantitative estimate of drug-likeness (QED) is 0.758. The summed E-state index contributed by atoms with van der Waals surface area (Å²) >= 11 is 6.04. The lowest BCUT2D eigenvalue weighted by molar-refractivity contribution is 0.436. The van der Waals surface area contributed by atoms with Crippen molar-refractivity contribution < 1.29 is 0 Å². The van der Waals surface area contributed by atoms with Crippen molar-refractivity contribution in [3.05, 3.63) is 83.4 Å². The molecule has 0 saturated heterocycles. The van der Waals surface area contributed by atoms with E-state index in [1.807, 2.05) is 41.1 Å². The summed E-state index contributed by atoms with van der Waals surface area (Å²) in [5.74, 6) is 0. The van der Waals surface area contributed by atoms with Gasteiger partial charge in [0.05, 0.1) is 12.6 Å². The topological polar surface area (TPSA) is 42.7 Å². The van der Waals surface area contributed by atoms with Crippen molar-refractivity contribution in [3.8, 4) is 0 Å². The number of nitrogens with zero attached hydrogens (tertiary/aromatic N) is 3. The Labute approximate surface area is 134 Å². The van der Waals surface area contributed by atoms with Crippen molar-refractivity contribution in [2.75, 3.05) is 0 Å². The molecule has 0 radical (unpaired) electrons. The van der Waals surface area contributed by atoms with Crippen LogP contribution < -0.4 is 5.32 Å². The Kier molecular flexibility index (Phi) is 4.83. The van der Waals surface area contributed by atoms with Gasteiger partial charge in [0.25, 0.3) is 0 Å². The van der Waals surface area contributed by atoms with Crippen LogP contribution in [0, 0.1) is 0 Å². The van der Waals surface area contributed by atoms with Crippen molar-refractivity contribution in [1.29, 1.82) is 0 Å². The normalized spacial score (nSPS) is 12.2. The average Bonchev–Trinajstić information content (AvgIpc) is 3.05. The van der Waals surface area contributed by atoms with Gasteiger partial charge in [0.2, 0.25) is 0 Å². The third kappa shape index (κ3) is 3.93. The van der Waals surface area contributed by atoms with Crippen molar-refractivity contribution in [2.45, 2.75) is 19.1 Å². The molecular formula is C17H17ClN4. The van der Waals surface area contributed by atoms with E-state index in [9.17, 15) is 0 Å². The molecule has 4 nitrogen and oxygen atoms in total. The summed E-state index contributed by atoms with van der Waals surface area (Å²) in [5.41, 5.74) is 2.38. The predicted molar refractivity (Wildman–Crippen MR) is 87.5 cm³/mol. The van der Waals surface area contributed by atoms with E-state index in [-0.39, 0.29) is 6.04 Å². The summed E-state index contributed by atoms with van der Waals surface area (Å²) in [6.45, 7) is 1.47. The number of halogens is 1. The predicted octanol–water partition coefficient (Wildman–Crippen LogP) is 3.46. The van der Waals surface area contributed by atoms with Gasteiger partial charge in [0.1, 0.15) is 12.7 Å². The maximum absolute atomic E-state index is 6.04.